The molecule has 2 atom stereocenters. The highest BCUT2D eigenvalue weighted by atomic mass is 32.2. The summed E-state index contributed by atoms with van der Waals surface area (Å²) in [4.78, 5) is 3.84. The van der Waals surface area contributed by atoms with Crippen LogP contribution in [0.25, 0.3) is 0 Å². The van der Waals surface area contributed by atoms with Gasteiger partial charge in [0, 0.05) is 29.7 Å². The number of hydrogen-bond acceptors (Lipinski definition) is 3. The van der Waals surface area contributed by atoms with Gasteiger partial charge in [-0.25, -0.2) is 0 Å². The van der Waals surface area contributed by atoms with Gasteiger partial charge in [0.25, 0.3) is 0 Å². The molecule has 1 fully saturated rings. The fourth-order valence-corrected chi connectivity index (χ4v) is 3.01. The third-order valence-corrected chi connectivity index (χ3v) is 4.46. The number of nitrogens with one attached hydrogen (secondary N) is 1. The fraction of sp³-hybridized carbons (Fsp3) is 0.571. The summed E-state index contributed by atoms with van der Waals surface area (Å²) >= 11 is 1.80. The van der Waals surface area contributed by atoms with Crippen LogP contribution in [0, 0.1) is 5.92 Å². The van der Waals surface area contributed by atoms with Crippen LogP contribution in [0.2, 0.25) is 0 Å². The molecule has 17 heavy (non-hydrogen) atoms. The van der Waals surface area contributed by atoms with E-state index in [1.54, 1.807) is 11.8 Å². The topological polar surface area (TPSA) is 15.3 Å². The summed E-state index contributed by atoms with van der Waals surface area (Å²) in [6.07, 6.45) is 3.36. The predicted octanol–water partition coefficient (Wildman–Crippen LogP) is 2.84. The quantitative estimate of drug-likeness (QED) is 0.831. The molecule has 2 nitrogen and oxygen atoms in total. The molecule has 3 heteroatoms. The zero-order valence-corrected chi connectivity index (χ0v) is 11.8. The Labute approximate surface area is 109 Å². The molecular weight excluding hydrogens is 228 g/mol. The molecule has 0 aromatic heterocycles. The predicted molar refractivity (Wildman–Crippen MR) is 77.1 cm³/mol. The first-order chi connectivity index (χ1) is 8.24. The van der Waals surface area contributed by atoms with Gasteiger partial charge < -0.3 is 10.2 Å². The van der Waals surface area contributed by atoms with Crippen molar-refractivity contribution in [2.75, 3.05) is 31.3 Å². The normalized spacial score (nSPS) is 25.0. The Morgan fingerprint density at radius 2 is 2.00 bits per heavy atom. The van der Waals surface area contributed by atoms with E-state index in [-0.39, 0.29) is 0 Å². The molecule has 1 aromatic carbocycles. The summed E-state index contributed by atoms with van der Waals surface area (Å²) in [5.74, 6) is 0.717. The average molecular weight is 250 g/mol. The van der Waals surface area contributed by atoms with Crippen LogP contribution in [0.4, 0.5) is 5.69 Å². The van der Waals surface area contributed by atoms with Crippen molar-refractivity contribution in [2.45, 2.75) is 24.3 Å². The molecule has 1 aromatic rings. The van der Waals surface area contributed by atoms with E-state index in [1.807, 2.05) is 0 Å². The molecular formula is C14H22N2S. The van der Waals surface area contributed by atoms with Crippen molar-refractivity contribution in [3.8, 4) is 0 Å². The first kappa shape index (κ1) is 12.8. The Bertz CT molecular complexity index is 350. The van der Waals surface area contributed by atoms with Gasteiger partial charge in [0.15, 0.2) is 0 Å². The molecule has 0 radical (unpaired) electrons. The molecule has 1 heterocycles. The summed E-state index contributed by atoms with van der Waals surface area (Å²) < 4.78 is 0. The van der Waals surface area contributed by atoms with Crippen LogP contribution >= 0.6 is 11.8 Å². The number of thioether (sulfide) groups is 1. The summed E-state index contributed by atoms with van der Waals surface area (Å²) in [5.41, 5.74) is 1.37. The van der Waals surface area contributed by atoms with Gasteiger partial charge in [0.05, 0.1) is 0 Å². The third-order valence-electron chi connectivity index (χ3n) is 3.71. The van der Waals surface area contributed by atoms with Gasteiger partial charge >= 0.3 is 0 Å². The van der Waals surface area contributed by atoms with Gasteiger partial charge in [-0.2, -0.15) is 0 Å². The molecule has 2 rings (SSSR count). The van der Waals surface area contributed by atoms with E-state index in [9.17, 15) is 0 Å². The van der Waals surface area contributed by atoms with E-state index in [4.69, 9.17) is 0 Å². The molecule has 0 bridgehead atoms. The Morgan fingerprint density at radius 3 is 2.53 bits per heavy atom. The minimum absolute atomic E-state index is 0.678. The minimum atomic E-state index is 0.678. The lowest BCUT2D eigenvalue weighted by Gasteiger charge is -2.38. The lowest BCUT2D eigenvalue weighted by Crippen LogP contribution is -2.47. The number of hydrogen-bond donors (Lipinski definition) is 1. The van der Waals surface area contributed by atoms with Gasteiger partial charge in [-0.15, -0.1) is 11.8 Å². The highest BCUT2D eigenvalue weighted by molar-refractivity contribution is 7.98. The molecule has 1 aliphatic heterocycles. The number of nitrogens with zero attached hydrogens (tertiary/aromatic N) is 1. The molecule has 0 spiro atoms. The second kappa shape index (κ2) is 5.78. The average Bonchev–Trinajstić information content (AvgIpc) is 2.39. The molecule has 94 valence electrons. The van der Waals surface area contributed by atoms with E-state index in [2.05, 4.69) is 54.7 Å². The lowest BCUT2D eigenvalue weighted by molar-refractivity contribution is 0.339. The van der Waals surface area contributed by atoms with Crippen LogP contribution in [-0.2, 0) is 0 Å². The SMILES string of the molecule is CNC1CCN(c2ccc(SC)cc2)CC1C. The van der Waals surface area contributed by atoms with E-state index < -0.39 is 0 Å². The first-order valence-electron chi connectivity index (χ1n) is 6.31. The molecule has 1 N–H and O–H groups in total. The zero-order chi connectivity index (χ0) is 12.3. The van der Waals surface area contributed by atoms with E-state index in [1.165, 1.54) is 17.0 Å². The molecule has 2 unspecified atom stereocenters. The third kappa shape index (κ3) is 2.96. The van der Waals surface area contributed by atoms with Crippen molar-refractivity contribution < 1.29 is 0 Å². The zero-order valence-electron chi connectivity index (χ0n) is 10.9. The number of benzene rings is 1. The lowest BCUT2D eigenvalue weighted by atomic mass is 9.93. The van der Waals surface area contributed by atoms with E-state index in [0.717, 1.165) is 13.1 Å². The number of rotatable bonds is 3. The summed E-state index contributed by atoms with van der Waals surface area (Å²) in [5, 5.41) is 3.41. The summed E-state index contributed by atoms with van der Waals surface area (Å²) in [6, 6.07) is 9.61. The van der Waals surface area contributed by atoms with Gasteiger partial charge in [-0.3, -0.25) is 0 Å². The van der Waals surface area contributed by atoms with Gasteiger partial charge in [-0.05, 0) is 49.9 Å². The van der Waals surface area contributed by atoms with Gasteiger partial charge in [0.1, 0.15) is 0 Å². The van der Waals surface area contributed by atoms with Crippen LogP contribution < -0.4 is 10.2 Å². The molecule has 0 aliphatic carbocycles. The molecule has 0 saturated carbocycles. The highest BCUT2D eigenvalue weighted by Crippen LogP contribution is 2.25. The van der Waals surface area contributed by atoms with E-state index >= 15 is 0 Å². The van der Waals surface area contributed by atoms with Crippen molar-refractivity contribution in [3.05, 3.63) is 24.3 Å². The van der Waals surface area contributed by atoms with Crippen LogP contribution in [0.1, 0.15) is 13.3 Å². The molecule has 1 aliphatic rings. The smallest absolute Gasteiger partial charge is 0.0367 e. The number of piperidine rings is 1. The van der Waals surface area contributed by atoms with Crippen molar-refractivity contribution in [3.63, 3.8) is 0 Å². The monoisotopic (exact) mass is 250 g/mol. The van der Waals surface area contributed by atoms with Crippen LogP contribution in [0.15, 0.2) is 29.2 Å². The second-order valence-electron chi connectivity index (χ2n) is 4.81. The van der Waals surface area contributed by atoms with Crippen LogP contribution in [-0.4, -0.2) is 32.4 Å². The Hall–Kier alpha value is -0.670. The standard InChI is InChI=1S/C14H22N2S/c1-11-10-16(9-8-14(11)15-2)12-4-6-13(17-3)7-5-12/h4-7,11,14-15H,8-10H2,1-3H3. The minimum Gasteiger partial charge on any atom is -0.371 e. The van der Waals surface area contributed by atoms with Crippen LogP contribution in [0.3, 0.4) is 0 Å². The van der Waals surface area contributed by atoms with Crippen molar-refractivity contribution in [1.29, 1.82) is 0 Å². The summed E-state index contributed by atoms with van der Waals surface area (Å²) in [7, 11) is 2.07. The Morgan fingerprint density at radius 1 is 1.29 bits per heavy atom. The fourth-order valence-electron chi connectivity index (χ4n) is 2.60. The van der Waals surface area contributed by atoms with Gasteiger partial charge in [-0.1, -0.05) is 6.92 Å². The Kier molecular flexibility index (Phi) is 4.35. The second-order valence-corrected chi connectivity index (χ2v) is 5.68. The largest absolute Gasteiger partial charge is 0.371 e. The van der Waals surface area contributed by atoms with Crippen LogP contribution in [0.5, 0.6) is 0 Å². The maximum absolute atomic E-state index is 3.41. The first-order valence-corrected chi connectivity index (χ1v) is 7.53. The summed E-state index contributed by atoms with van der Waals surface area (Å²) in [6.45, 7) is 4.65. The highest BCUT2D eigenvalue weighted by Gasteiger charge is 2.24. The number of anilines is 1. The maximum Gasteiger partial charge on any atom is 0.0367 e. The Balaban J connectivity index is 2.03. The van der Waals surface area contributed by atoms with Crippen molar-refractivity contribution >= 4 is 17.4 Å². The maximum atomic E-state index is 3.41. The van der Waals surface area contributed by atoms with Crippen molar-refractivity contribution in [1.82, 2.24) is 5.32 Å². The molecule has 1 saturated heterocycles. The van der Waals surface area contributed by atoms with E-state index in [0.29, 0.717) is 12.0 Å². The van der Waals surface area contributed by atoms with Crippen molar-refractivity contribution in [2.24, 2.45) is 5.92 Å². The van der Waals surface area contributed by atoms with Gasteiger partial charge in [0.2, 0.25) is 0 Å². The molecule has 0 amide bonds.